The van der Waals surface area contributed by atoms with Crippen LogP contribution in [0.4, 0.5) is 0 Å². The van der Waals surface area contributed by atoms with Gasteiger partial charge in [0.25, 0.3) is 0 Å². The minimum atomic E-state index is -2.94. The van der Waals surface area contributed by atoms with Crippen molar-refractivity contribution in [3.8, 4) is 0 Å². The van der Waals surface area contributed by atoms with Crippen molar-refractivity contribution in [1.82, 2.24) is 20.2 Å². The third-order valence-corrected chi connectivity index (χ3v) is 4.28. The summed E-state index contributed by atoms with van der Waals surface area (Å²) in [6, 6.07) is 0.0198. The monoisotopic (exact) mass is 471 g/mol. The molecule has 2 N–H and O–H groups in total. The van der Waals surface area contributed by atoms with Gasteiger partial charge in [0.1, 0.15) is 15.7 Å². The molecule has 0 radical (unpaired) electrons. The average molecular weight is 471 g/mol. The van der Waals surface area contributed by atoms with Crippen LogP contribution in [-0.4, -0.2) is 49.0 Å². The predicted molar refractivity (Wildman–Crippen MR) is 110 cm³/mol. The summed E-state index contributed by atoms with van der Waals surface area (Å²) in [7, 11) is -1.25. The van der Waals surface area contributed by atoms with Gasteiger partial charge in [-0.2, -0.15) is 0 Å². The van der Waals surface area contributed by atoms with Gasteiger partial charge in [-0.1, -0.05) is 13.8 Å². The van der Waals surface area contributed by atoms with Crippen LogP contribution in [0, 0.1) is 5.92 Å². The summed E-state index contributed by atoms with van der Waals surface area (Å²) >= 11 is 0. The Bertz CT molecular complexity index is 613. The SMILES string of the molecule is CN=C(NCc1nccn1CC(C)C)NC(C)CCS(C)(=O)=O.I. The number of hydrogen-bond donors (Lipinski definition) is 2. The van der Waals surface area contributed by atoms with Crippen molar-refractivity contribution in [1.29, 1.82) is 0 Å². The zero-order valence-electron chi connectivity index (χ0n) is 15.1. The number of guanidine groups is 1. The second-order valence-corrected chi connectivity index (χ2v) is 8.54. The van der Waals surface area contributed by atoms with Crippen molar-refractivity contribution in [3.05, 3.63) is 18.2 Å². The number of nitrogens with zero attached hydrogens (tertiary/aromatic N) is 3. The number of aliphatic imine (C=N–C) groups is 1. The van der Waals surface area contributed by atoms with Crippen LogP contribution in [0.5, 0.6) is 0 Å². The van der Waals surface area contributed by atoms with Gasteiger partial charge in [0.2, 0.25) is 0 Å². The summed E-state index contributed by atoms with van der Waals surface area (Å²) in [4.78, 5) is 8.53. The quantitative estimate of drug-likeness (QED) is 0.342. The number of aromatic nitrogens is 2. The van der Waals surface area contributed by atoms with Crippen LogP contribution in [0.25, 0.3) is 0 Å². The van der Waals surface area contributed by atoms with Crippen LogP contribution in [0.2, 0.25) is 0 Å². The molecule has 1 aromatic rings. The van der Waals surface area contributed by atoms with Gasteiger partial charge < -0.3 is 15.2 Å². The molecule has 24 heavy (non-hydrogen) atoms. The molecule has 0 saturated carbocycles. The maximum atomic E-state index is 11.2. The molecule has 1 aromatic heterocycles. The lowest BCUT2D eigenvalue weighted by molar-refractivity contribution is 0.503. The highest BCUT2D eigenvalue weighted by Crippen LogP contribution is 2.03. The first-order valence-corrected chi connectivity index (χ1v) is 9.92. The number of sulfone groups is 1. The minimum absolute atomic E-state index is 0. The van der Waals surface area contributed by atoms with Crippen LogP contribution in [0.1, 0.15) is 33.0 Å². The third kappa shape index (κ3) is 9.45. The lowest BCUT2D eigenvalue weighted by atomic mass is 10.2. The highest BCUT2D eigenvalue weighted by atomic mass is 127. The van der Waals surface area contributed by atoms with E-state index >= 15 is 0 Å². The van der Waals surface area contributed by atoms with Gasteiger partial charge >= 0.3 is 0 Å². The molecule has 0 bridgehead atoms. The number of nitrogens with one attached hydrogen (secondary N) is 2. The molecule has 7 nitrogen and oxygen atoms in total. The first-order chi connectivity index (χ1) is 10.7. The van der Waals surface area contributed by atoms with Crippen molar-refractivity contribution < 1.29 is 8.42 Å². The Morgan fingerprint density at radius 1 is 1.38 bits per heavy atom. The van der Waals surface area contributed by atoms with Crippen LogP contribution >= 0.6 is 24.0 Å². The predicted octanol–water partition coefficient (Wildman–Crippen LogP) is 1.65. The fraction of sp³-hybridized carbons (Fsp3) is 0.733. The molecule has 0 aliphatic heterocycles. The molecule has 1 unspecified atom stereocenters. The van der Waals surface area contributed by atoms with E-state index in [1.807, 2.05) is 13.1 Å². The third-order valence-electron chi connectivity index (χ3n) is 3.31. The highest BCUT2D eigenvalue weighted by molar-refractivity contribution is 14.0. The van der Waals surface area contributed by atoms with Crippen LogP contribution in [0.15, 0.2) is 17.4 Å². The van der Waals surface area contributed by atoms with E-state index in [2.05, 4.69) is 39.0 Å². The van der Waals surface area contributed by atoms with Gasteiger partial charge in [-0.15, -0.1) is 24.0 Å². The van der Waals surface area contributed by atoms with Gasteiger partial charge in [0.15, 0.2) is 5.96 Å². The average Bonchev–Trinajstić information content (AvgIpc) is 2.87. The molecule has 0 spiro atoms. The van der Waals surface area contributed by atoms with Crippen molar-refractivity contribution in [2.45, 2.75) is 46.3 Å². The Hall–Kier alpha value is -0.840. The fourth-order valence-electron chi connectivity index (χ4n) is 2.12. The van der Waals surface area contributed by atoms with E-state index < -0.39 is 9.84 Å². The van der Waals surface area contributed by atoms with E-state index in [0.29, 0.717) is 24.8 Å². The highest BCUT2D eigenvalue weighted by Gasteiger charge is 2.10. The molecule has 9 heteroatoms. The Kier molecular flexibility index (Phi) is 10.5. The maximum absolute atomic E-state index is 11.2. The molecule has 0 aromatic carbocycles. The molecule has 140 valence electrons. The van der Waals surface area contributed by atoms with Gasteiger partial charge in [-0.25, -0.2) is 13.4 Å². The molecule has 0 amide bonds. The topological polar surface area (TPSA) is 88.4 Å². The van der Waals surface area contributed by atoms with E-state index in [1.54, 1.807) is 13.2 Å². The molecule has 1 heterocycles. The zero-order chi connectivity index (χ0) is 17.5. The smallest absolute Gasteiger partial charge is 0.191 e. The summed E-state index contributed by atoms with van der Waals surface area (Å²) in [5, 5.41) is 6.42. The minimum Gasteiger partial charge on any atom is -0.354 e. The van der Waals surface area contributed by atoms with E-state index in [1.165, 1.54) is 6.26 Å². The van der Waals surface area contributed by atoms with Crippen LogP contribution < -0.4 is 10.6 Å². The number of halogens is 1. The molecule has 0 saturated heterocycles. The van der Waals surface area contributed by atoms with E-state index in [4.69, 9.17) is 0 Å². The second kappa shape index (κ2) is 10.9. The molecule has 0 aliphatic carbocycles. The van der Waals surface area contributed by atoms with E-state index in [9.17, 15) is 8.42 Å². The Morgan fingerprint density at radius 3 is 2.58 bits per heavy atom. The van der Waals surface area contributed by atoms with E-state index in [-0.39, 0.29) is 35.8 Å². The van der Waals surface area contributed by atoms with Gasteiger partial charge in [0.05, 0.1) is 12.3 Å². The first-order valence-electron chi connectivity index (χ1n) is 7.86. The number of imidazole rings is 1. The summed E-state index contributed by atoms with van der Waals surface area (Å²) in [6.45, 7) is 7.77. The molecule has 0 fully saturated rings. The molecule has 1 rings (SSSR count). The fourth-order valence-corrected chi connectivity index (χ4v) is 2.90. The molecule has 0 aliphatic rings. The molecule has 1 atom stereocenters. The standard InChI is InChI=1S/C15H29N5O2S.HI/c1-12(2)11-20-8-7-17-14(20)10-18-15(16-4)19-13(3)6-9-23(5,21)22;/h7-8,12-13H,6,9-11H2,1-5H3,(H2,16,18,19);1H. The molecular weight excluding hydrogens is 441 g/mol. The van der Waals surface area contributed by atoms with Gasteiger partial charge in [0, 0.05) is 38.3 Å². The Morgan fingerprint density at radius 2 is 2.04 bits per heavy atom. The van der Waals surface area contributed by atoms with E-state index in [0.717, 1.165) is 12.4 Å². The van der Waals surface area contributed by atoms with Gasteiger partial charge in [-0.05, 0) is 19.3 Å². The number of hydrogen-bond acceptors (Lipinski definition) is 4. The summed E-state index contributed by atoms with van der Waals surface area (Å²) < 4.78 is 24.5. The maximum Gasteiger partial charge on any atom is 0.191 e. The van der Waals surface area contributed by atoms with Crippen molar-refractivity contribution in [3.63, 3.8) is 0 Å². The Labute approximate surface area is 162 Å². The Balaban J connectivity index is 0.00000529. The number of rotatable bonds is 8. The summed E-state index contributed by atoms with van der Waals surface area (Å²) in [5.74, 6) is 2.31. The largest absolute Gasteiger partial charge is 0.354 e. The molecular formula is C15H30IN5O2S. The lowest BCUT2D eigenvalue weighted by Gasteiger charge is -2.18. The normalized spacial score (nSPS) is 13.5. The van der Waals surface area contributed by atoms with Gasteiger partial charge in [-0.3, -0.25) is 4.99 Å². The zero-order valence-corrected chi connectivity index (χ0v) is 18.3. The lowest BCUT2D eigenvalue weighted by Crippen LogP contribution is -2.42. The second-order valence-electron chi connectivity index (χ2n) is 6.28. The summed E-state index contributed by atoms with van der Waals surface area (Å²) in [5.41, 5.74) is 0. The van der Waals surface area contributed by atoms with Crippen LogP contribution in [0.3, 0.4) is 0 Å². The summed E-state index contributed by atoms with van der Waals surface area (Å²) in [6.07, 6.45) is 5.56. The van der Waals surface area contributed by atoms with Crippen molar-refractivity contribution in [2.24, 2.45) is 10.9 Å². The van der Waals surface area contributed by atoms with Crippen molar-refractivity contribution in [2.75, 3.05) is 19.1 Å². The van der Waals surface area contributed by atoms with Crippen molar-refractivity contribution >= 4 is 39.8 Å². The first kappa shape index (κ1) is 23.2. The van der Waals surface area contributed by atoms with Crippen LogP contribution in [-0.2, 0) is 22.9 Å².